The van der Waals surface area contributed by atoms with Crippen molar-refractivity contribution in [2.24, 2.45) is 0 Å². The molecule has 0 aromatic heterocycles. The molecule has 0 fully saturated rings. The first-order chi connectivity index (χ1) is 17.9. The largest absolute Gasteiger partial charge is 0.497 e. The lowest BCUT2D eigenvalue weighted by Gasteiger charge is -2.15. The highest BCUT2D eigenvalue weighted by Crippen LogP contribution is 2.38. The summed E-state index contributed by atoms with van der Waals surface area (Å²) in [5.74, 6) is 1.49. The van der Waals surface area contributed by atoms with E-state index in [0.717, 1.165) is 16.7 Å². The first-order valence-electron chi connectivity index (χ1n) is 11.6. The highest BCUT2D eigenvalue weighted by Gasteiger charge is 2.15. The third-order valence-electron chi connectivity index (χ3n) is 5.45. The summed E-state index contributed by atoms with van der Waals surface area (Å²) in [6, 6.07) is 18.6. The van der Waals surface area contributed by atoms with Gasteiger partial charge in [-0.05, 0) is 55.3 Å². The van der Waals surface area contributed by atoms with E-state index in [0.29, 0.717) is 46.8 Å². The molecule has 3 rings (SSSR count). The number of aryl methyl sites for hydroxylation is 1. The van der Waals surface area contributed by atoms with Crippen LogP contribution in [0.2, 0.25) is 5.02 Å². The van der Waals surface area contributed by atoms with Crippen LogP contribution in [0.3, 0.4) is 0 Å². The molecule has 0 saturated heterocycles. The van der Waals surface area contributed by atoms with E-state index in [-0.39, 0.29) is 12.1 Å². The van der Waals surface area contributed by atoms with E-state index in [1.54, 1.807) is 37.4 Å². The Hall–Kier alpha value is -4.15. The Morgan fingerprint density at radius 2 is 1.78 bits per heavy atom. The van der Waals surface area contributed by atoms with Gasteiger partial charge < -0.3 is 24.3 Å². The van der Waals surface area contributed by atoms with Crippen molar-refractivity contribution < 1.29 is 23.7 Å². The minimum absolute atomic E-state index is 0.0840. The SMILES string of the molecule is CCOc1cc(/C=C(\C#N)C(=O)NCc2ccc(OC)cc2OC)cc(Cl)c1OCc1ccc(C)cc1. The molecule has 7 nitrogen and oxygen atoms in total. The van der Waals surface area contributed by atoms with Crippen LogP contribution in [0, 0.1) is 18.3 Å². The predicted molar refractivity (Wildman–Crippen MR) is 143 cm³/mol. The molecule has 0 unspecified atom stereocenters. The van der Waals surface area contributed by atoms with Crippen molar-refractivity contribution in [3.05, 3.63) is 87.4 Å². The van der Waals surface area contributed by atoms with Gasteiger partial charge in [0.25, 0.3) is 5.91 Å². The monoisotopic (exact) mass is 520 g/mol. The molecule has 3 aromatic carbocycles. The van der Waals surface area contributed by atoms with Crippen LogP contribution in [0.25, 0.3) is 6.08 Å². The van der Waals surface area contributed by atoms with E-state index in [1.807, 2.05) is 44.2 Å². The number of halogens is 1. The minimum Gasteiger partial charge on any atom is -0.497 e. The standard InChI is InChI=1S/C29H29ClN2O5/c1-5-36-27-14-21(13-25(30)28(27)37-18-20-8-6-19(2)7-9-20)12-23(16-31)29(33)32-17-22-10-11-24(34-3)15-26(22)35-4/h6-15H,5,17-18H2,1-4H3,(H,32,33)/b23-12+. The third kappa shape index (κ3) is 7.42. The van der Waals surface area contributed by atoms with Crippen LogP contribution < -0.4 is 24.3 Å². The summed E-state index contributed by atoms with van der Waals surface area (Å²) in [6.07, 6.45) is 1.46. The quantitative estimate of drug-likeness (QED) is 0.251. The molecule has 0 aliphatic carbocycles. The number of hydrogen-bond acceptors (Lipinski definition) is 6. The minimum atomic E-state index is -0.533. The van der Waals surface area contributed by atoms with Gasteiger partial charge in [-0.3, -0.25) is 4.79 Å². The second-order valence-corrected chi connectivity index (χ2v) is 8.47. The van der Waals surface area contributed by atoms with Gasteiger partial charge in [0.05, 0.1) is 25.8 Å². The van der Waals surface area contributed by atoms with Crippen LogP contribution in [0.4, 0.5) is 0 Å². The molecule has 0 atom stereocenters. The molecule has 0 radical (unpaired) electrons. The van der Waals surface area contributed by atoms with E-state index < -0.39 is 5.91 Å². The highest BCUT2D eigenvalue weighted by molar-refractivity contribution is 6.32. The van der Waals surface area contributed by atoms with E-state index in [1.165, 1.54) is 13.2 Å². The number of carbonyl (C=O) groups is 1. The molecule has 0 spiro atoms. The zero-order valence-corrected chi connectivity index (χ0v) is 22.0. The first kappa shape index (κ1) is 27.4. The molecular formula is C29H29ClN2O5. The molecule has 1 amide bonds. The van der Waals surface area contributed by atoms with Crippen molar-refractivity contribution in [2.75, 3.05) is 20.8 Å². The van der Waals surface area contributed by atoms with Gasteiger partial charge in [0.15, 0.2) is 11.5 Å². The fourth-order valence-electron chi connectivity index (χ4n) is 3.50. The maximum atomic E-state index is 12.8. The number of amides is 1. The molecule has 0 heterocycles. The van der Waals surface area contributed by atoms with Crippen LogP contribution in [0.1, 0.15) is 29.2 Å². The van der Waals surface area contributed by atoms with Crippen molar-refractivity contribution in [1.82, 2.24) is 5.32 Å². The molecular weight excluding hydrogens is 492 g/mol. The van der Waals surface area contributed by atoms with Crippen molar-refractivity contribution in [3.63, 3.8) is 0 Å². The Balaban J connectivity index is 1.78. The predicted octanol–water partition coefficient (Wildman–Crippen LogP) is 5.87. The van der Waals surface area contributed by atoms with Gasteiger partial charge in [0.1, 0.15) is 29.7 Å². The van der Waals surface area contributed by atoms with Gasteiger partial charge in [0.2, 0.25) is 0 Å². The zero-order chi connectivity index (χ0) is 26.8. The molecule has 8 heteroatoms. The smallest absolute Gasteiger partial charge is 0.262 e. The second-order valence-electron chi connectivity index (χ2n) is 8.07. The van der Waals surface area contributed by atoms with Crippen LogP contribution in [0.15, 0.2) is 60.2 Å². The summed E-state index contributed by atoms with van der Waals surface area (Å²) in [6.45, 7) is 4.74. The number of nitrogens with zero attached hydrogens (tertiary/aromatic N) is 1. The van der Waals surface area contributed by atoms with Crippen molar-refractivity contribution >= 4 is 23.6 Å². The van der Waals surface area contributed by atoms with Crippen LogP contribution >= 0.6 is 11.6 Å². The normalized spacial score (nSPS) is 10.9. The summed E-state index contributed by atoms with van der Waals surface area (Å²) in [4.78, 5) is 12.8. The Morgan fingerprint density at radius 1 is 1.03 bits per heavy atom. The van der Waals surface area contributed by atoms with Gasteiger partial charge in [-0.2, -0.15) is 5.26 Å². The maximum Gasteiger partial charge on any atom is 0.262 e. The van der Waals surface area contributed by atoms with Crippen LogP contribution in [-0.2, 0) is 17.9 Å². The van der Waals surface area contributed by atoms with Crippen molar-refractivity contribution in [3.8, 4) is 29.1 Å². The number of rotatable bonds is 11. The third-order valence-corrected chi connectivity index (χ3v) is 5.73. The Morgan fingerprint density at radius 3 is 2.43 bits per heavy atom. The molecule has 0 aliphatic heterocycles. The number of benzene rings is 3. The topological polar surface area (TPSA) is 89.8 Å². The fraction of sp³-hybridized carbons (Fsp3) is 0.241. The highest BCUT2D eigenvalue weighted by atomic mass is 35.5. The Bertz CT molecular complexity index is 1310. The Labute approximate surface area is 222 Å². The summed E-state index contributed by atoms with van der Waals surface area (Å²) in [5, 5.41) is 12.7. The number of nitrogens with one attached hydrogen (secondary N) is 1. The lowest BCUT2D eigenvalue weighted by Crippen LogP contribution is -2.24. The van der Waals surface area contributed by atoms with Gasteiger partial charge >= 0.3 is 0 Å². The van der Waals surface area contributed by atoms with Gasteiger partial charge in [-0.25, -0.2) is 0 Å². The maximum absolute atomic E-state index is 12.8. The van der Waals surface area contributed by atoms with Crippen LogP contribution in [-0.4, -0.2) is 26.7 Å². The second kappa shape index (κ2) is 13.2. The molecule has 3 aromatic rings. The number of nitriles is 1. The number of ether oxygens (including phenoxy) is 4. The molecule has 1 N–H and O–H groups in total. The van der Waals surface area contributed by atoms with Gasteiger partial charge in [-0.15, -0.1) is 0 Å². The van der Waals surface area contributed by atoms with E-state index in [4.69, 9.17) is 30.5 Å². The molecule has 0 bridgehead atoms. The summed E-state index contributed by atoms with van der Waals surface area (Å²) >= 11 is 6.53. The van der Waals surface area contributed by atoms with Gasteiger partial charge in [-0.1, -0.05) is 41.4 Å². The average Bonchev–Trinajstić information content (AvgIpc) is 2.90. The summed E-state index contributed by atoms with van der Waals surface area (Å²) < 4.78 is 22.3. The molecule has 0 saturated carbocycles. The number of carbonyl (C=O) groups excluding carboxylic acids is 1. The summed E-state index contributed by atoms with van der Waals surface area (Å²) in [5.41, 5.74) is 3.34. The zero-order valence-electron chi connectivity index (χ0n) is 21.3. The fourth-order valence-corrected chi connectivity index (χ4v) is 3.77. The first-order valence-corrected chi connectivity index (χ1v) is 12.0. The van der Waals surface area contributed by atoms with Crippen molar-refractivity contribution in [1.29, 1.82) is 5.26 Å². The Kier molecular flexibility index (Phi) is 9.82. The number of hydrogen-bond donors (Lipinski definition) is 1. The van der Waals surface area contributed by atoms with Crippen molar-refractivity contribution in [2.45, 2.75) is 27.0 Å². The van der Waals surface area contributed by atoms with E-state index in [2.05, 4.69) is 5.32 Å². The molecule has 0 aliphatic rings. The van der Waals surface area contributed by atoms with E-state index in [9.17, 15) is 10.1 Å². The number of methoxy groups -OCH3 is 2. The summed E-state index contributed by atoms with van der Waals surface area (Å²) in [7, 11) is 3.10. The lowest BCUT2D eigenvalue weighted by atomic mass is 10.1. The molecule has 192 valence electrons. The molecule has 37 heavy (non-hydrogen) atoms. The van der Waals surface area contributed by atoms with Gasteiger partial charge in [0, 0.05) is 18.2 Å². The average molecular weight is 521 g/mol. The van der Waals surface area contributed by atoms with E-state index >= 15 is 0 Å². The van der Waals surface area contributed by atoms with Crippen LogP contribution in [0.5, 0.6) is 23.0 Å². The lowest BCUT2D eigenvalue weighted by molar-refractivity contribution is -0.117.